The molecule has 1 aliphatic carbocycles. The van der Waals surface area contributed by atoms with E-state index in [1.54, 1.807) is 12.1 Å². The molecule has 1 amide bonds. The SMILES string of the molecule is CC(C)(C)NC(=O)c1ccc2c(c1)C1C=CCC1C(c1ccc(O)cc1)N2. The van der Waals surface area contributed by atoms with Crippen LogP contribution in [0, 0.1) is 5.92 Å². The third-order valence-corrected chi connectivity index (χ3v) is 5.37. The van der Waals surface area contributed by atoms with Crippen LogP contribution in [0.3, 0.4) is 0 Å². The molecule has 3 N–H and O–H groups in total. The number of hydrogen-bond acceptors (Lipinski definition) is 3. The van der Waals surface area contributed by atoms with Gasteiger partial charge in [-0.25, -0.2) is 0 Å². The second kappa shape index (κ2) is 6.45. The maximum atomic E-state index is 12.6. The van der Waals surface area contributed by atoms with E-state index in [-0.39, 0.29) is 23.2 Å². The molecule has 3 atom stereocenters. The van der Waals surface area contributed by atoms with E-state index in [1.165, 1.54) is 11.1 Å². The fraction of sp³-hybridized carbons (Fsp3) is 0.348. The summed E-state index contributed by atoms with van der Waals surface area (Å²) in [6, 6.07) is 13.6. The summed E-state index contributed by atoms with van der Waals surface area (Å²) in [5, 5.41) is 16.3. The summed E-state index contributed by atoms with van der Waals surface area (Å²) in [6.45, 7) is 5.97. The van der Waals surface area contributed by atoms with Crippen LogP contribution in [0.5, 0.6) is 5.75 Å². The number of fused-ring (bicyclic) bond motifs is 3. The van der Waals surface area contributed by atoms with Crippen LogP contribution in [0.1, 0.15) is 60.6 Å². The van der Waals surface area contributed by atoms with Crippen molar-refractivity contribution in [2.24, 2.45) is 5.92 Å². The fourth-order valence-electron chi connectivity index (χ4n) is 4.16. The van der Waals surface area contributed by atoms with Crippen LogP contribution in [0.2, 0.25) is 0 Å². The largest absolute Gasteiger partial charge is 0.508 e. The highest BCUT2D eigenvalue weighted by Gasteiger charge is 2.38. The minimum Gasteiger partial charge on any atom is -0.508 e. The predicted octanol–water partition coefficient (Wildman–Crippen LogP) is 4.75. The quantitative estimate of drug-likeness (QED) is 0.676. The second-order valence-corrected chi connectivity index (χ2v) is 8.57. The zero-order valence-electron chi connectivity index (χ0n) is 16.0. The number of nitrogens with one attached hydrogen (secondary N) is 2. The summed E-state index contributed by atoms with van der Waals surface area (Å²) < 4.78 is 0. The summed E-state index contributed by atoms with van der Waals surface area (Å²) in [6.07, 6.45) is 5.51. The summed E-state index contributed by atoms with van der Waals surface area (Å²) in [5.74, 6) is 0.945. The fourth-order valence-corrected chi connectivity index (χ4v) is 4.16. The van der Waals surface area contributed by atoms with Gasteiger partial charge in [0.2, 0.25) is 0 Å². The van der Waals surface area contributed by atoms with Crippen molar-refractivity contribution in [3.8, 4) is 5.75 Å². The van der Waals surface area contributed by atoms with Gasteiger partial charge >= 0.3 is 0 Å². The van der Waals surface area contributed by atoms with E-state index in [2.05, 4.69) is 22.8 Å². The van der Waals surface area contributed by atoms with E-state index in [0.29, 0.717) is 17.4 Å². The maximum Gasteiger partial charge on any atom is 0.251 e. The minimum atomic E-state index is -0.259. The van der Waals surface area contributed by atoms with E-state index in [4.69, 9.17) is 0 Å². The lowest BCUT2D eigenvalue weighted by atomic mass is 9.76. The van der Waals surface area contributed by atoms with E-state index in [1.807, 2.05) is 51.1 Å². The molecule has 2 aromatic carbocycles. The molecule has 4 heteroatoms. The van der Waals surface area contributed by atoms with Crippen molar-refractivity contribution in [3.05, 3.63) is 71.3 Å². The number of benzene rings is 2. The summed E-state index contributed by atoms with van der Waals surface area (Å²) in [4.78, 5) is 12.6. The third kappa shape index (κ3) is 3.44. The van der Waals surface area contributed by atoms with E-state index < -0.39 is 0 Å². The molecule has 140 valence electrons. The molecule has 3 unspecified atom stereocenters. The number of aromatic hydroxyl groups is 1. The Labute approximate surface area is 160 Å². The molecule has 0 saturated heterocycles. The van der Waals surface area contributed by atoms with Gasteiger partial charge in [-0.05, 0) is 74.6 Å². The predicted molar refractivity (Wildman–Crippen MR) is 108 cm³/mol. The zero-order chi connectivity index (χ0) is 19.2. The van der Waals surface area contributed by atoms with Crippen LogP contribution < -0.4 is 10.6 Å². The lowest BCUT2D eigenvalue weighted by Crippen LogP contribution is -2.40. The van der Waals surface area contributed by atoms with Crippen LogP contribution in [0.4, 0.5) is 5.69 Å². The van der Waals surface area contributed by atoms with Crippen molar-refractivity contribution in [1.29, 1.82) is 0 Å². The number of hydrogen-bond donors (Lipinski definition) is 3. The molecule has 1 heterocycles. The van der Waals surface area contributed by atoms with Crippen LogP contribution in [-0.2, 0) is 0 Å². The Morgan fingerprint density at radius 1 is 1.15 bits per heavy atom. The highest BCUT2D eigenvalue weighted by molar-refractivity contribution is 5.95. The number of carbonyl (C=O) groups is 1. The molecule has 0 bridgehead atoms. The zero-order valence-corrected chi connectivity index (χ0v) is 16.0. The summed E-state index contributed by atoms with van der Waals surface area (Å²) >= 11 is 0. The van der Waals surface area contributed by atoms with Crippen molar-refractivity contribution in [1.82, 2.24) is 5.32 Å². The Morgan fingerprint density at radius 3 is 2.59 bits per heavy atom. The van der Waals surface area contributed by atoms with Gasteiger partial charge in [0, 0.05) is 22.7 Å². The molecule has 0 fully saturated rings. The maximum absolute atomic E-state index is 12.6. The summed E-state index contributed by atoms with van der Waals surface area (Å²) in [7, 11) is 0. The smallest absolute Gasteiger partial charge is 0.251 e. The van der Waals surface area contributed by atoms with Gasteiger partial charge in [-0.15, -0.1) is 0 Å². The first-order chi connectivity index (χ1) is 12.8. The van der Waals surface area contributed by atoms with Crippen LogP contribution in [0.15, 0.2) is 54.6 Å². The van der Waals surface area contributed by atoms with Gasteiger partial charge in [0.05, 0.1) is 6.04 Å². The average Bonchev–Trinajstić information content (AvgIpc) is 3.10. The van der Waals surface area contributed by atoms with Crippen LogP contribution >= 0.6 is 0 Å². The molecule has 0 aromatic heterocycles. The first-order valence-corrected chi connectivity index (χ1v) is 9.50. The molecule has 0 spiro atoms. The molecular weight excluding hydrogens is 336 g/mol. The first-order valence-electron chi connectivity index (χ1n) is 9.50. The van der Waals surface area contributed by atoms with Gasteiger partial charge < -0.3 is 15.7 Å². The van der Waals surface area contributed by atoms with E-state index in [0.717, 1.165) is 12.1 Å². The topological polar surface area (TPSA) is 61.4 Å². The minimum absolute atomic E-state index is 0.0375. The molecule has 2 aliphatic rings. The van der Waals surface area contributed by atoms with Gasteiger partial charge in [0.1, 0.15) is 5.75 Å². The van der Waals surface area contributed by atoms with Gasteiger partial charge in [0.25, 0.3) is 5.91 Å². The van der Waals surface area contributed by atoms with Crippen molar-refractivity contribution < 1.29 is 9.90 Å². The molecule has 0 radical (unpaired) electrons. The van der Waals surface area contributed by atoms with E-state index in [9.17, 15) is 9.90 Å². The number of phenolic OH excluding ortho intramolecular Hbond substituents is 1. The van der Waals surface area contributed by atoms with Crippen molar-refractivity contribution in [3.63, 3.8) is 0 Å². The van der Waals surface area contributed by atoms with Gasteiger partial charge in [-0.2, -0.15) is 0 Å². The normalized spacial score (nSPS) is 23.3. The van der Waals surface area contributed by atoms with Crippen LogP contribution in [0.25, 0.3) is 0 Å². The van der Waals surface area contributed by atoms with Crippen molar-refractivity contribution in [2.75, 3.05) is 5.32 Å². The second-order valence-electron chi connectivity index (χ2n) is 8.57. The molecule has 0 saturated carbocycles. The monoisotopic (exact) mass is 362 g/mol. The lowest BCUT2D eigenvalue weighted by Gasteiger charge is -2.37. The van der Waals surface area contributed by atoms with E-state index >= 15 is 0 Å². The molecule has 1 aliphatic heterocycles. The number of allylic oxidation sites excluding steroid dienone is 2. The molecular formula is C23H26N2O2. The lowest BCUT2D eigenvalue weighted by molar-refractivity contribution is 0.0919. The van der Waals surface area contributed by atoms with Gasteiger partial charge in [-0.1, -0.05) is 24.3 Å². The Balaban J connectivity index is 1.67. The highest BCUT2D eigenvalue weighted by atomic mass is 16.3. The average molecular weight is 362 g/mol. The van der Waals surface area contributed by atoms with Gasteiger partial charge in [-0.3, -0.25) is 4.79 Å². The Kier molecular flexibility index (Phi) is 4.22. The number of amides is 1. The van der Waals surface area contributed by atoms with Crippen molar-refractivity contribution >= 4 is 11.6 Å². The number of phenols is 1. The first kappa shape index (κ1) is 17.7. The molecule has 4 nitrogen and oxygen atoms in total. The standard InChI is InChI=1S/C23H26N2O2/c1-23(2,3)25-22(27)15-9-12-20-19(13-15)17-5-4-6-18(17)21(24-20)14-7-10-16(26)11-8-14/h4-5,7-13,17-18,21,24,26H,6H2,1-3H3,(H,25,27). The third-order valence-electron chi connectivity index (χ3n) is 5.37. The van der Waals surface area contributed by atoms with Gasteiger partial charge in [0.15, 0.2) is 0 Å². The Bertz CT molecular complexity index is 894. The number of rotatable bonds is 2. The molecule has 2 aromatic rings. The molecule has 27 heavy (non-hydrogen) atoms. The number of carbonyl (C=O) groups excluding carboxylic acids is 1. The Morgan fingerprint density at radius 2 is 1.89 bits per heavy atom. The van der Waals surface area contributed by atoms with Crippen LogP contribution in [-0.4, -0.2) is 16.6 Å². The number of anilines is 1. The Hall–Kier alpha value is -2.75. The highest BCUT2D eigenvalue weighted by Crippen LogP contribution is 2.50. The van der Waals surface area contributed by atoms with Crippen molar-refractivity contribution in [2.45, 2.75) is 44.7 Å². The molecule has 4 rings (SSSR count). The summed E-state index contributed by atoms with van der Waals surface area (Å²) in [5.41, 5.74) is 3.88.